The molecule has 98 valence electrons. The Morgan fingerprint density at radius 2 is 1.50 bits per heavy atom. The number of hydrogen-bond acceptors (Lipinski definition) is 2. The minimum Gasteiger partial charge on any atom is -0.325 e. The normalized spacial score (nSPS) is 13.3. The molecule has 1 aliphatic rings. The largest absolute Gasteiger partial charge is 0.325 e. The minimum absolute atomic E-state index is 0.0458. The summed E-state index contributed by atoms with van der Waals surface area (Å²) < 4.78 is 0. The Kier molecular flexibility index (Phi) is 2.95. The van der Waals surface area contributed by atoms with E-state index < -0.39 is 0 Å². The van der Waals surface area contributed by atoms with Gasteiger partial charge in [-0.2, -0.15) is 0 Å². The van der Waals surface area contributed by atoms with Crippen LogP contribution >= 0.6 is 0 Å². The van der Waals surface area contributed by atoms with Crippen molar-refractivity contribution >= 4 is 23.0 Å². The molecule has 0 saturated heterocycles. The molecule has 0 atom stereocenters. The van der Waals surface area contributed by atoms with Gasteiger partial charge in [0.05, 0.1) is 11.3 Å². The van der Waals surface area contributed by atoms with E-state index >= 15 is 0 Å². The molecule has 2 aromatic rings. The second kappa shape index (κ2) is 4.78. The second-order valence-electron chi connectivity index (χ2n) is 4.67. The summed E-state index contributed by atoms with van der Waals surface area (Å²) in [5.41, 5.74) is 3.39. The lowest BCUT2D eigenvalue weighted by Gasteiger charge is -2.08. The van der Waals surface area contributed by atoms with Crippen LogP contribution in [0.3, 0.4) is 0 Å². The van der Waals surface area contributed by atoms with Gasteiger partial charge in [-0.3, -0.25) is 9.59 Å². The van der Waals surface area contributed by atoms with Crippen LogP contribution in [0.15, 0.2) is 54.6 Å². The number of rotatable bonds is 2. The lowest BCUT2D eigenvalue weighted by atomic mass is 10.0. The topological polar surface area (TPSA) is 46.2 Å². The second-order valence-corrected chi connectivity index (χ2v) is 4.67. The Morgan fingerprint density at radius 1 is 0.900 bits per heavy atom. The zero-order valence-electron chi connectivity index (χ0n) is 11.0. The van der Waals surface area contributed by atoms with Crippen molar-refractivity contribution < 1.29 is 9.59 Å². The molecule has 1 N–H and O–H groups in total. The summed E-state index contributed by atoms with van der Waals surface area (Å²) >= 11 is 0. The van der Waals surface area contributed by atoms with Crippen LogP contribution in [0.25, 0.3) is 11.3 Å². The van der Waals surface area contributed by atoms with Gasteiger partial charge in [0.2, 0.25) is 5.91 Å². The van der Waals surface area contributed by atoms with Gasteiger partial charge in [-0.25, -0.2) is 0 Å². The number of Topliss-reactive ketones (excluding diaryl/α,β-unsaturated/α-hetero) is 1. The quantitative estimate of drug-likeness (QED) is 0.905. The molecule has 1 aliphatic carbocycles. The maximum absolute atomic E-state index is 12.6. The average molecular weight is 263 g/mol. The first-order chi connectivity index (χ1) is 9.68. The third kappa shape index (κ3) is 1.93. The summed E-state index contributed by atoms with van der Waals surface area (Å²) in [6.45, 7) is 1.45. The minimum atomic E-state index is -0.182. The first kappa shape index (κ1) is 12.4. The van der Waals surface area contributed by atoms with Crippen molar-refractivity contribution in [3.63, 3.8) is 0 Å². The summed E-state index contributed by atoms with van der Waals surface area (Å²) in [5.74, 6) is -0.228. The average Bonchev–Trinajstić information content (AvgIpc) is 2.73. The van der Waals surface area contributed by atoms with Gasteiger partial charge in [-0.1, -0.05) is 54.6 Å². The van der Waals surface area contributed by atoms with E-state index in [0.29, 0.717) is 16.8 Å². The number of ketones is 1. The highest BCUT2D eigenvalue weighted by atomic mass is 16.1. The van der Waals surface area contributed by atoms with Crippen LogP contribution in [0.2, 0.25) is 0 Å². The molecule has 20 heavy (non-hydrogen) atoms. The molecule has 0 fully saturated rings. The summed E-state index contributed by atoms with van der Waals surface area (Å²) in [4.78, 5) is 24.0. The van der Waals surface area contributed by atoms with E-state index in [-0.39, 0.29) is 11.7 Å². The first-order valence-corrected chi connectivity index (χ1v) is 6.40. The predicted octanol–water partition coefficient (Wildman–Crippen LogP) is 2.89. The number of hydrogen-bond donors (Lipinski definition) is 1. The number of nitrogens with one attached hydrogen (secondary N) is 1. The van der Waals surface area contributed by atoms with Gasteiger partial charge in [0.15, 0.2) is 5.78 Å². The molecule has 0 saturated carbocycles. The molecule has 1 amide bonds. The Balaban J connectivity index is 2.23. The van der Waals surface area contributed by atoms with E-state index in [1.165, 1.54) is 6.92 Å². The molecule has 2 aromatic carbocycles. The molecule has 3 heteroatoms. The van der Waals surface area contributed by atoms with Gasteiger partial charge in [0.1, 0.15) is 0 Å². The fourth-order valence-electron chi connectivity index (χ4n) is 2.47. The van der Waals surface area contributed by atoms with Gasteiger partial charge in [0, 0.05) is 18.1 Å². The molecule has 0 bridgehead atoms. The van der Waals surface area contributed by atoms with Crippen molar-refractivity contribution in [2.75, 3.05) is 0 Å². The van der Waals surface area contributed by atoms with E-state index in [2.05, 4.69) is 5.32 Å². The van der Waals surface area contributed by atoms with Crippen molar-refractivity contribution in [3.8, 4) is 0 Å². The van der Waals surface area contributed by atoms with E-state index in [1.807, 2.05) is 48.5 Å². The van der Waals surface area contributed by atoms with Crippen molar-refractivity contribution in [2.24, 2.45) is 0 Å². The van der Waals surface area contributed by atoms with Gasteiger partial charge in [-0.05, 0) is 5.56 Å². The monoisotopic (exact) mass is 263 g/mol. The van der Waals surface area contributed by atoms with Gasteiger partial charge in [0.25, 0.3) is 0 Å². The van der Waals surface area contributed by atoms with Crippen LogP contribution in [0.1, 0.15) is 28.4 Å². The van der Waals surface area contributed by atoms with Gasteiger partial charge < -0.3 is 5.32 Å². The SMILES string of the molecule is CC(=O)NC1=C(c2ccccc2)C(=O)c2ccccc21. The highest BCUT2D eigenvalue weighted by Gasteiger charge is 2.30. The fourth-order valence-corrected chi connectivity index (χ4v) is 2.47. The van der Waals surface area contributed by atoms with E-state index in [9.17, 15) is 9.59 Å². The van der Waals surface area contributed by atoms with Crippen LogP contribution in [-0.4, -0.2) is 11.7 Å². The van der Waals surface area contributed by atoms with E-state index in [0.717, 1.165) is 11.1 Å². The zero-order valence-corrected chi connectivity index (χ0v) is 11.0. The van der Waals surface area contributed by atoms with Crippen molar-refractivity contribution in [3.05, 3.63) is 71.3 Å². The van der Waals surface area contributed by atoms with Crippen LogP contribution in [0.4, 0.5) is 0 Å². The zero-order chi connectivity index (χ0) is 14.1. The van der Waals surface area contributed by atoms with Crippen molar-refractivity contribution in [1.29, 1.82) is 0 Å². The third-order valence-electron chi connectivity index (χ3n) is 3.28. The summed E-state index contributed by atoms with van der Waals surface area (Å²) in [6.07, 6.45) is 0. The molecule has 3 rings (SSSR count). The molecular formula is C17H13NO2. The smallest absolute Gasteiger partial charge is 0.221 e. The lowest BCUT2D eigenvalue weighted by molar-refractivity contribution is -0.117. The number of amides is 1. The third-order valence-corrected chi connectivity index (χ3v) is 3.28. The Labute approximate surface area is 116 Å². The van der Waals surface area contributed by atoms with E-state index in [1.54, 1.807) is 6.07 Å². The van der Waals surface area contributed by atoms with Crippen molar-refractivity contribution in [1.82, 2.24) is 5.32 Å². The summed E-state index contributed by atoms with van der Waals surface area (Å²) in [6, 6.07) is 16.7. The molecule has 0 radical (unpaired) electrons. The lowest BCUT2D eigenvalue weighted by Crippen LogP contribution is -2.18. The van der Waals surface area contributed by atoms with Crippen LogP contribution < -0.4 is 5.32 Å². The van der Waals surface area contributed by atoms with Gasteiger partial charge >= 0.3 is 0 Å². The van der Waals surface area contributed by atoms with Crippen LogP contribution in [0.5, 0.6) is 0 Å². The van der Waals surface area contributed by atoms with Crippen LogP contribution in [0, 0.1) is 0 Å². The first-order valence-electron chi connectivity index (χ1n) is 6.40. The number of fused-ring (bicyclic) bond motifs is 1. The van der Waals surface area contributed by atoms with Crippen molar-refractivity contribution in [2.45, 2.75) is 6.92 Å². The molecule has 3 nitrogen and oxygen atoms in total. The van der Waals surface area contributed by atoms with E-state index in [4.69, 9.17) is 0 Å². The standard InChI is InChI=1S/C17H13NO2/c1-11(19)18-16-13-9-5-6-10-14(13)17(20)15(16)12-7-3-2-4-8-12/h2-10H,1H3,(H,18,19). The highest BCUT2D eigenvalue weighted by Crippen LogP contribution is 2.36. The van der Waals surface area contributed by atoms with Gasteiger partial charge in [-0.15, -0.1) is 0 Å². The predicted molar refractivity (Wildman–Crippen MR) is 77.8 cm³/mol. The Bertz CT molecular complexity index is 730. The summed E-state index contributed by atoms with van der Waals surface area (Å²) in [7, 11) is 0. The number of carbonyl (C=O) groups excluding carboxylic acids is 2. The Hall–Kier alpha value is -2.68. The molecule has 0 aromatic heterocycles. The fraction of sp³-hybridized carbons (Fsp3) is 0.0588. The maximum atomic E-state index is 12.6. The molecule has 0 heterocycles. The maximum Gasteiger partial charge on any atom is 0.221 e. The number of benzene rings is 2. The number of allylic oxidation sites excluding steroid dienone is 1. The molecule has 0 unspecified atom stereocenters. The summed E-state index contributed by atoms with van der Waals surface area (Å²) in [5, 5.41) is 2.80. The molecule has 0 spiro atoms. The highest BCUT2D eigenvalue weighted by molar-refractivity contribution is 6.40. The number of carbonyl (C=O) groups is 2. The molecule has 0 aliphatic heterocycles. The molecular weight excluding hydrogens is 250 g/mol. The Morgan fingerprint density at radius 3 is 2.15 bits per heavy atom. The van der Waals surface area contributed by atoms with Crippen LogP contribution in [-0.2, 0) is 4.79 Å².